The van der Waals surface area contributed by atoms with E-state index < -0.39 is 38.5 Å². The van der Waals surface area contributed by atoms with Crippen LogP contribution in [0.4, 0.5) is 0 Å². The minimum atomic E-state index is -2.11. The van der Waals surface area contributed by atoms with Crippen LogP contribution in [-0.2, 0) is 9.45 Å². The molecule has 0 unspecified atom stereocenters. The van der Waals surface area contributed by atoms with E-state index in [9.17, 15) is 4.79 Å². The number of rotatable bonds is 6. The van der Waals surface area contributed by atoms with Gasteiger partial charge in [0.2, 0.25) is 0 Å². The Morgan fingerprint density at radius 3 is 2.31 bits per heavy atom. The van der Waals surface area contributed by atoms with E-state index in [0.29, 0.717) is 0 Å². The van der Waals surface area contributed by atoms with Crippen molar-refractivity contribution in [3.63, 3.8) is 0 Å². The lowest BCUT2D eigenvalue weighted by Gasteiger charge is -2.13. The largest absolute Gasteiger partial charge is 0.634 e. The predicted octanol–water partition coefficient (Wildman–Crippen LogP) is -3.74. The Labute approximate surface area is 74.4 Å². The van der Waals surface area contributed by atoms with Crippen LogP contribution in [0, 0.1) is 0 Å². The van der Waals surface area contributed by atoms with Crippen LogP contribution >= 0.6 is 0 Å². The molecule has 5 N–H and O–H groups in total. The van der Waals surface area contributed by atoms with Crippen molar-refractivity contribution in [1.29, 1.82) is 0 Å². The fourth-order valence-corrected chi connectivity index (χ4v) is 0.556. The second-order valence-corrected chi connectivity index (χ2v) is 2.30. The first-order valence-corrected chi connectivity index (χ1v) is 3.46. The van der Waals surface area contributed by atoms with Crippen LogP contribution in [0.5, 0.6) is 0 Å². The van der Waals surface area contributed by atoms with Gasteiger partial charge in [-0.15, -0.1) is 0 Å². The Morgan fingerprint density at radius 1 is 1.38 bits per heavy atom. The third kappa shape index (κ3) is 4.93. The third-order valence-corrected chi connectivity index (χ3v) is 1.26. The lowest BCUT2D eigenvalue weighted by atomic mass is 10.1. The van der Waals surface area contributed by atoms with Gasteiger partial charge < -0.3 is 30.0 Å². The fourth-order valence-electron chi connectivity index (χ4n) is 0.556. The number of carbonyl (C=O) groups excluding carboxylic acids is 1. The van der Waals surface area contributed by atoms with Crippen molar-refractivity contribution in [2.75, 3.05) is 13.2 Å². The molecule has 0 bridgehead atoms. The molecule has 0 aliphatic carbocycles. The van der Waals surface area contributed by atoms with Crippen LogP contribution in [-0.4, -0.2) is 63.9 Å². The van der Waals surface area contributed by atoms with E-state index in [2.05, 4.69) is 4.65 Å². The van der Waals surface area contributed by atoms with E-state index in [0.717, 1.165) is 0 Å². The van der Waals surface area contributed by atoms with Crippen LogP contribution in [0.2, 0.25) is 0 Å². The zero-order chi connectivity index (χ0) is 10.4. The first-order chi connectivity index (χ1) is 5.99. The van der Waals surface area contributed by atoms with Gasteiger partial charge in [-0.25, -0.2) is 0 Å². The molecule has 0 aromatic rings. The molecule has 0 spiro atoms. The maximum Gasteiger partial charge on any atom is 0.634 e. The number of aliphatic hydroxyl groups excluding tert-OH is 3. The van der Waals surface area contributed by atoms with E-state index in [1.807, 2.05) is 0 Å². The quantitative estimate of drug-likeness (QED) is 0.275. The third-order valence-electron chi connectivity index (χ3n) is 1.26. The van der Waals surface area contributed by atoms with Crippen molar-refractivity contribution >= 4 is 13.1 Å². The summed E-state index contributed by atoms with van der Waals surface area (Å²) in [6.45, 7) is -1.52. The van der Waals surface area contributed by atoms with Gasteiger partial charge in [0.1, 0.15) is 12.2 Å². The predicted molar refractivity (Wildman–Crippen MR) is 40.3 cm³/mol. The first kappa shape index (κ1) is 12.5. The summed E-state index contributed by atoms with van der Waals surface area (Å²) < 4.78 is 4.03. The summed E-state index contributed by atoms with van der Waals surface area (Å²) in [6, 6.07) is 0. The second-order valence-electron chi connectivity index (χ2n) is 2.30. The Morgan fingerprint density at radius 2 is 1.92 bits per heavy atom. The average Bonchev–Trinajstić information content (AvgIpc) is 2.11. The molecule has 0 heterocycles. The molecule has 2 atom stereocenters. The van der Waals surface area contributed by atoms with Gasteiger partial charge in [0.25, 0.3) is 0 Å². The Hall–Kier alpha value is -0.505. The summed E-state index contributed by atoms with van der Waals surface area (Å²) in [4.78, 5) is 10.8. The zero-order valence-corrected chi connectivity index (χ0v) is 6.70. The lowest BCUT2D eigenvalue weighted by molar-refractivity contribution is -0.137. The molecule has 0 fully saturated rings. The molecule has 7 nitrogen and oxygen atoms in total. The van der Waals surface area contributed by atoms with Gasteiger partial charge >= 0.3 is 7.32 Å². The molecule has 76 valence electrons. The topological polar surface area (TPSA) is 127 Å². The molecule has 0 amide bonds. The van der Waals surface area contributed by atoms with Gasteiger partial charge in [-0.3, -0.25) is 4.79 Å². The average molecular weight is 194 g/mol. The van der Waals surface area contributed by atoms with E-state index in [-0.39, 0.29) is 0 Å². The van der Waals surface area contributed by atoms with Crippen LogP contribution in [0.25, 0.3) is 0 Å². The van der Waals surface area contributed by atoms with Crippen molar-refractivity contribution in [3.8, 4) is 0 Å². The van der Waals surface area contributed by atoms with E-state index in [1.54, 1.807) is 0 Å². The molecular weight excluding hydrogens is 183 g/mol. The molecule has 8 heteroatoms. The summed E-state index contributed by atoms with van der Waals surface area (Å²) in [6.07, 6.45) is -3.38. The molecule has 0 radical (unpaired) electrons. The number of aliphatic hydroxyl groups is 3. The normalized spacial score (nSPS) is 15.2. The highest BCUT2D eigenvalue weighted by atomic mass is 16.6. The maximum absolute atomic E-state index is 10.8. The van der Waals surface area contributed by atoms with Gasteiger partial charge in [0.15, 0.2) is 5.78 Å². The van der Waals surface area contributed by atoms with Gasteiger partial charge in [0.05, 0.1) is 13.2 Å². The molecule has 0 aliphatic heterocycles. The summed E-state index contributed by atoms with van der Waals surface area (Å²) in [5, 5.41) is 42.3. The summed E-state index contributed by atoms with van der Waals surface area (Å²) in [5.74, 6) is -0.949. The number of hydrogen-bond acceptors (Lipinski definition) is 7. The molecule has 0 aromatic carbocycles. The highest BCUT2D eigenvalue weighted by molar-refractivity contribution is 6.33. The van der Waals surface area contributed by atoms with Crippen molar-refractivity contribution in [2.45, 2.75) is 12.2 Å². The van der Waals surface area contributed by atoms with Gasteiger partial charge in [-0.2, -0.15) is 0 Å². The van der Waals surface area contributed by atoms with E-state index in [1.165, 1.54) is 0 Å². The summed E-state index contributed by atoms with van der Waals surface area (Å²) >= 11 is 0. The number of hydrogen-bond donors (Lipinski definition) is 5. The number of Topliss-reactive ketones (excluding diaryl/α,β-unsaturated/α-hetero) is 1. The SMILES string of the molecule is O=C(COB(O)O)[C@@H](O)[C@H](O)CO. The van der Waals surface area contributed by atoms with Gasteiger partial charge in [-0.05, 0) is 0 Å². The summed E-state index contributed by atoms with van der Waals surface area (Å²) in [5.41, 5.74) is 0. The second kappa shape index (κ2) is 6.03. The first-order valence-electron chi connectivity index (χ1n) is 3.46. The lowest BCUT2D eigenvalue weighted by Crippen LogP contribution is -2.39. The fraction of sp³-hybridized carbons (Fsp3) is 0.800. The van der Waals surface area contributed by atoms with Crippen molar-refractivity contribution < 1.29 is 34.8 Å². The molecular formula is C5H11BO7. The molecule has 0 aromatic heterocycles. The van der Waals surface area contributed by atoms with Crippen molar-refractivity contribution in [2.24, 2.45) is 0 Å². The Balaban J connectivity index is 3.82. The van der Waals surface area contributed by atoms with E-state index >= 15 is 0 Å². The minimum absolute atomic E-state index is 0.754. The highest BCUT2D eigenvalue weighted by Crippen LogP contribution is 1.95. The van der Waals surface area contributed by atoms with Gasteiger partial charge in [0, 0.05) is 0 Å². The van der Waals surface area contributed by atoms with Crippen LogP contribution < -0.4 is 0 Å². The highest BCUT2D eigenvalue weighted by Gasteiger charge is 2.24. The molecule has 0 rings (SSSR count). The minimum Gasteiger partial charge on any atom is -0.402 e. The molecule has 0 saturated carbocycles. The van der Waals surface area contributed by atoms with E-state index in [4.69, 9.17) is 25.4 Å². The number of carbonyl (C=O) groups is 1. The number of ketones is 1. The van der Waals surface area contributed by atoms with Crippen LogP contribution in [0.15, 0.2) is 0 Å². The van der Waals surface area contributed by atoms with Crippen molar-refractivity contribution in [1.82, 2.24) is 0 Å². The molecule has 13 heavy (non-hydrogen) atoms. The van der Waals surface area contributed by atoms with Crippen LogP contribution in [0.1, 0.15) is 0 Å². The molecule has 0 saturated heterocycles. The summed E-state index contributed by atoms with van der Waals surface area (Å²) in [7, 11) is -2.11. The van der Waals surface area contributed by atoms with Crippen LogP contribution in [0.3, 0.4) is 0 Å². The Kier molecular flexibility index (Phi) is 5.79. The smallest absolute Gasteiger partial charge is 0.402 e. The standard InChI is InChI=1S/C5H11BO7/c7-1-3(8)5(10)4(9)2-13-6(11)12/h3,5,7-8,10-12H,1-2H2/t3-,5+/m1/s1. The van der Waals surface area contributed by atoms with Crippen molar-refractivity contribution in [3.05, 3.63) is 0 Å². The zero-order valence-electron chi connectivity index (χ0n) is 6.70. The van der Waals surface area contributed by atoms with Gasteiger partial charge in [-0.1, -0.05) is 0 Å². The monoisotopic (exact) mass is 194 g/mol. The Bertz CT molecular complexity index is 161. The molecule has 0 aliphatic rings. The maximum atomic E-state index is 10.8.